The van der Waals surface area contributed by atoms with Gasteiger partial charge in [0.15, 0.2) is 0 Å². The number of amides is 1. The van der Waals surface area contributed by atoms with Gasteiger partial charge in [-0.05, 0) is 96.3 Å². The molecule has 0 radical (unpaired) electrons. The van der Waals surface area contributed by atoms with Crippen molar-refractivity contribution in [3.8, 4) is 0 Å². The normalized spacial score (nSPS) is 14.0. The Hall–Kier alpha value is -2.70. The van der Waals surface area contributed by atoms with Gasteiger partial charge in [-0.15, -0.1) is 0 Å². The Bertz CT molecular complexity index is 1070. The largest absolute Gasteiger partial charge is 0.462 e. The predicted molar refractivity (Wildman–Crippen MR) is 245 cm³/mol. The van der Waals surface area contributed by atoms with Crippen LogP contribution in [0.3, 0.4) is 0 Å². The number of rotatable bonds is 41. The maximum absolute atomic E-state index is 13.1. The molecule has 3 atom stereocenters. The molecule has 0 rings (SSSR count). The highest BCUT2D eigenvalue weighted by atomic mass is 16.5. The lowest BCUT2D eigenvalue weighted by molar-refractivity contribution is -0.151. The molecular weight excluding hydrogens is 707 g/mol. The molecule has 0 aromatic rings. The first-order valence-corrected chi connectivity index (χ1v) is 23.7. The lowest BCUT2D eigenvalue weighted by Crippen LogP contribution is -2.46. The zero-order valence-corrected chi connectivity index (χ0v) is 37.2. The van der Waals surface area contributed by atoms with Gasteiger partial charge in [0.25, 0.3) is 0 Å². The van der Waals surface area contributed by atoms with Gasteiger partial charge in [0.2, 0.25) is 5.91 Å². The number of aliphatic hydroxyl groups excluding tert-OH is 2. The van der Waals surface area contributed by atoms with Gasteiger partial charge in [0.05, 0.1) is 25.2 Å². The van der Waals surface area contributed by atoms with Crippen LogP contribution >= 0.6 is 0 Å². The summed E-state index contributed by atoms with van der Waals surface area (Å²) in [6.45, 7) is 6.29. The summed E-state index contributed by atoms with van der Waals surface area (Å²) >= 11 is 0. The van der Waals surface area contributed by atoms with Crippen LogP contribution in [0.25, 0.3) is 0 Å². The van der Waals surface area contributed by atoms with Gasteiger partial charge in [-0.25, -0.2) is 0 Å². The smallest absolute Gasteiger partial charge is 0.306 e. The Morgan fingerprint density at radius 3 is 1.49 bits per heavy atom. The minimum Gasteiger partial charge on any atom is -0.462 e. The Morgan fingerprint density at radius 1 is 0.526 bits per heavy atom. The zero-order valence-electron chi connectivity index (χ0n) is 37.2. The van der Waals surface area contributed by atoms with Gasteiger partial charge in [-0.3, -0.25) is 9.59 Å². The van der Waals surface area contributed by atoms with E-state index in [1.54, 1.807) is 0 Å². The van der Waals surface area contributed by atoms with Gasteiger partial charge >= 0.3 is 5.97 Å². The Morgan fingerprint density at radius 2 is 0.947 bits per heavy atom. The van der Waals surface area contributed by atoms with Crippen LogP contribution in [0.2, 0.25) is 0 Å². The number of hydrogen-bond donors (Lipinski definition) is 3. The van der Waals surface area contributed by atoms with E-state index in [2.05, 4.69) is 99.0 Å². The van der Waals surface area contributed by atoms with Crippen molar-refractivity contribution in [2.24, 2.45) is 0 Å². The van der Waals surface area contributed by atoms with Crippen LogP contribution in [0.15, 0.2) is 72.9 Å². The number of unbranched alkanes of at least 4 members (excludes halogenated alkanes) is 17. The SMILES string of the molecule is CC/C=C/C/C=C/C/C=C/CCCCC(CC(=O)NC(CO)C(O)CCCCCCCCCCC)OC(=O)CCCCCC/C=C\C/C=C\C/C=C\CCCCC. The summed E-state index contributed by atoms with van der Waals surface area (Å²) in [5.41, 5.74) is 0. The van der Waals surface area contributed by atoms with Crippen LogP contribution in [-0.2, 0) is 14.3 Å². The number of esters is 1. The van der Waals surface area contributed by atoms with E-state index in [4.69, 9.17) is 4.74 Å². The van der Waals surface area contributed by atoms with Crippen molar-refractivity contribution < 1.29 is 24.5 Å². The monoisotopic (exact) mass is 796 g/mol. The molecule has 0 aliphatic rings. The van der Waals surface area contributed by atoms with E-state index in [9.17, 15) is 19.8 Å². The van der Waals surface area contributed by atoms with Crippen LogP contribution in [0.4, 0.5) is 0 Å². The molecule has 1 amide bonds. The van der Waals surface area contributed by atoms with Crippen LogP contribution < -0.4 is 5.32 Å². The van der Waals surface area contributed by atoms with Crippen molar-refractivity contribution in [2.75, 3.05) is 6.61 Å². The molecule has 6 heteroatoms. The molecule has 0 aliphatic heterocycles. The third kappa shape index (κ3) is 39.9. The molecule has 3 N–H and O–H groups in total. The molecule has 0 fully saturated rings. The second kappa shape index (κ2) is 44.4. The highest BCUT2D eigenvalue weighted by molar-refractivity contribution is 5.77. The molecule has 0 heterocycles. The molecule has 0 aliphatic carbocycles. The first kappa shape index (κ1) is 54.3. The summed E-state index contributed by atoms with van der Waals surface area (Å²) < 4.78 is 5.88. The number of allylic oxidation sites excluding steroid dienone is 12. The van der Waals surface area contributed by atoms with Gasteiger partial charge in [-0.2, -0.15) is 0 Å². The van der Waals surface area contributed by atoms with Gasteiger partial charge in [-0.1, -0.05) is 177 Å². The van der Waals surface area contributed by atoms with Crippen molar-refractivity contribution in [3.63, 3.8) is 0 Å². The van der Waals surface area contributed by atoms with E-state index in [0.717, 1.165) is 103 Å². The van der Waals surface area contributed by atoms with Crippen molar-refractivity contribution in [1.82, 2.24) is 5.32 Å². The fraction of sp³-hybridized carbons (Fsp3) is 0.725. The quantitative estimate of drug-likeness (QED) is 0.0325. The topological polar surface area (TPSA) is 95.9 Å². The average Bonchev–Trinajstić information content (AvgIpc) is 3.20. The van der Waals surface area contributed by atoms with E-state index in [1.165, 1.54) is 64.2 Å². The summed E-state index contributed by atoms with van der Waals surface area (Å²) in [5.74, 6) is -0.545. The van der Waals surface area contributed by atoms with Crippen LogP contribution in [-0.4, -0.2) is 46.9 Å². The van der Waals surface area contributed by atoms with E-state index in [0.29, 0.717) is 19.3 Å². The van der Waals surface area contributed by atoms with Crippen LogP contribution in [0.1, 0.15) is 213 Å². The molecule has 328 valence electrons. The third-order valence-electron chi connectivity index (χ3n) is 10.3. The number of ether oxygens (including phenoxy) is 1. The van der Waals surface area contributed by atoms with E-state index in [-0.39, 0.29) is 24.9 Å². The molecule has 0 saturated carbocycles. The highest BCUT2D eigenvalue weighted by Crippen LogP contribution is 2.16. The number of aliphatic hydroxyl groups is 2. The van der Waals surface area contributed by atoms with Gasteiger partial charge in [0, 0.05) is 6.42 Å². The summed E-state index contributed by atoms with van der Waals surface area (Å²) in [6, 6.07) is -0.719. The lowest BCUT2D eigenvalue weighted by Gasteiger charge is -2.24. The minimum atomic E-state index is -0.802. The van der Waals surface area contributed by atoms with Gasteiger partial charge in [0.1, 0.15) is 6.10 Å². The molecular formula is C51H89NO5. The summed E-state index contributed by atoms with van der Waals surface area (Å²) in [7, 11) is 0. The Balaban J connectivity index is 4.67. The molecule has 0 bridgehead atoms. The van der Waals surface area contributed by atoms with Crippen LogP contribution in [0, 0.1) is 0 Å². The van der Waals surface area contributed by atoms with E-state index >= 15 is 0 Å². The Kier molecular flexibility index (Phi) is 42.3. The van der Waals surface area contributed by atoms with E-state index < -0.39 is 18.2 Å². The average molecular weight is 796 g/mol. The van der Waals surface area contributed by atoms with Crippen molar-refractivity contribution in [2.45, 2.75) is 232 Å². The predicted octanol–water partition coefficient (Wildman–Crippen LogP) is 13.8. The van der Waals surface area contributed by atoms with Gasteiger partial charge < -0.3 is 20.3 Å². The summed E-state index contributed by atoms with van der Waals surface area (Å²) in [5, 5.41) is 23.6. The van der Waals surface area contributed by atoms with Crippen molar-refractivity contribution >= 4 is 11.9 Å². The fourth-order valence-electron chi connectivity index (χ4n) is 6.68. The first-order valence-electron chi connectivity index (χ1n) is 23.7. The highest BCUT2D eigenvalue weighted by Gasteiger charge is 2.24. The molecule has 0 aromatic carbocycles. The molecule has 0 spiro atoms. The number of hydrogen-bond acceptors (Lipinski definition) is 5. The van der Waals surface area contributed by atoms with Crippen LogP contribution in [0.5, 0.6) is 0 Å². The third-order valence-corrected chi connectivity index (χ3v) is 10.3. The Labute approximate surface area is 351 Å². The van der Waals surface area contributed by atoms with Crippen molar-refractivity contribution in [1.29, 1.82) is 0 Å². The maximum Gasteiger partial charge on any atom is 0.306 e. The minimum absolute atomic E-state index is 0.0391. The molecule has 0 aromatic heterocycles. The lowest BCUT2D eigenvalue weighted by atomic mass is 10.0. The zero-order chi connectivity index (χ0) is 41.7. The first-order chi connectivity index (χ1) is 28.0. The molecule has 0 saturated heterocycles. The second-order valence-electron chi connectivity index (χ2n) is 15.8. The standard InChI is InChI=1S/C51H89NO5/c1-4-7-10-13-16-19-21-23-24-25-26-27-29-32-35-38-41-44-51(56)57-47(42-39-36-33-31-28-22-20-17-14-11-8-5-2)45-50(55)52-48(46-53)49(54)43-40-37-34-30-18-15-12-9-6-3/h8,11,16-17,19-20,23-24,26-28,31,47-49,53-54H,4-7,9-10,12-15,18,21-22,25,29-30,32-46H2,1-3H3,(H,52,55)/b11-8+,19-16-,20-17+,24-23-,27-26-,31-28+. The van der Waals surface area contributed by atoms with Crippen molar-refractivity contribution in [3.05, 3.63) is 72.9 Å². The summed E-state index contributed by atoms with van der Waals surface area (Å²) in [6.07, 6.45) is 55.4. The van der Waals surface area contributed by atoms with E-state index in [1.807, 2.05) is 0 Å². The fourth-order valence-corrected chi connectivity index (χ4v) is 6.68. The molecule has 3 unspecified atom stereocenters. The number of carbonyl (C=O) groups is 2. The molecule has 6 nitrogen and oxygen atoms in total. The maximum atomic E-state index is 13.1. The molecule has 57 heavy (non-hydrogen) atoms. The number of carbonyl (C=O) groups excluding carboxylic acids is 2. The summed E-state index contributed by atoms with van der Waals surface area (Å²) in [4.78, 5) is 26.0. The second-order valence-corrected chi connectivity index (χ2v) is 15.8. The number of nitrogens with one attached hydrogen (secondary N) is 1.